The lowest BCUT2D eigenvalue weighted by molar-refractivity contribution is 0.381. The van der Waals surface area contributed by atoms with Crippen LogP contribution in [0, 0.1) is 12.3 Å². The zero-order valence-corrected chi connectivity index (χ0v) is 10.5. The molecule has 0 radical (unpaired) electrons. The summed E-state index contributed by atoms with van der Waals surface area (Å²) in [6, 6.07) is 9.06. The van der Waals surface area contributed by atoms with Crippen LogP contribution < -0.4 is 5.32 Å². The van der Waals surface area contributed by atoms with Crippen LogP contribution >= 0.6 is 0 Å². The molecular weight excluding hydrogens is 254 g/mol. The molecule has 0 saturated carbocycles. The number of hydrogen-bond donors (Lipinski definition) is 3. The molecule has 0 bridgehead atoms. The van der Waals surface area contributed by atoms with Gasteiger partial charge in [-0.15, -0.1) is 6.42 Å². The maximum absolute atomic E-state index is 8.74. The Hall–Kier alpha value is -1.39. The summed E-state index contributed by atoms with van der Waals surface area (Å²) < 4.78 is 31.6. The highest BCUT2D eigenvalue weighted by molar-refractivity contribution is 7.79. The highest BCUT2D eigenvalue weighted by Gasteiger charge is 2.20. The molecule has 1 atom stereocenters. The summed E-state index contributed by atoms with van der Waals surface area (Å²) in [5.41, 5.74) is 2.90. The van der Waals surface area contributed by atoms with Crippen LogP contribution in [0.4, 0.5) is 0 Å². The minimum absolute atomic E-state index is 0.479. The predicted octanol–water partition coefficient (Wildman–Crippen LogP) is 1.24. The maximum atomic E-state index is 8.74. The van der Waals surface area contributed by atoms with E-state index in [0.717, 1.165) is 0 Å². The first-order chi connectivity index (χ1) is 8.42. The number of rotatable bonds is 2. The lowest BCUT2D eigenvalue weighted by Gasteiger charge is -2.10. The van der Waals surface area contributed by atoms with Crippen molar-refractivity contribution in [3.63, 3.8) is 0 Å². The Morgan fingerprint density at radius 1 is 1.39 bits per heavy atom. The second-order valence-corrected chi connectivity index (χ2v) is 4.72. The Morgan fingerprint density at radius 2 is 2.00 bits per heavy atom. The Bertz CT molecular complexity index is 525. The molecule has 18 heavy (non-hydrogen) atoms. The largest absolute Gasteiger partial charge is 0.394 e. The zero-order chi connectivity index (χ0) is 13.6. The van der Waals surface area contributed by atoms with E-state index in [1.54, 1.807) is 0 Å². The van der Waals surface area contributed by atoms with Crippen LogP contribution in [0.15, 0.2) is 24.3 Å². The van der Waals surface area contributed by atoms with Crippen molar-refractivity contribution in [1.82, 2.24) is 5.32 Å². The van der Waals surface area contributed by atoms with Gasteiger partial charge in [0.1, 0.15) is 0 Å². The normalized spacial score (nSPS) is 17.3. The van der Waals surface area contributed by atoms with Crippen LogP contribution in [-0.2, 0) is 16.8 Å². The highest BCUT2D eigenvalue weighted by atomic mass is 32.3. The fraction of sp³-hybridized carbons (Fsp3) is 0.333. The van der Waals surface area contributed by atoms with Gasteiger partial charge in [-0.05, 0) is 24.0 Å². The molecule has 2 rings (SSSR count). The van der Waals surface area contributed by atoms with Crippen molar-refractivity contribution in [3.8, 4) is 12.3 Å². The quantitative estimate of drug-likeness (QED) is 0.555. The number of benzene rings is 1. The van der Waals surface area contributed by atoms with Crippen molar-refractivity contribution in [2.45, 2.75) is 18.9 Å². The van der Waals surface area contributed by atoms with Crippen molar-refractivity contribution in [1.29, 1.82) is 0 Å². The van der Waals surface area contributed by atoms with E-state index in [2.05, 4.69) is 35.5 Å². The first-order valence-electron chi connectivity index (χ1n) is 5.36. The van der Waals surface area contributed by atoms with Crippen molar-refractivity contribution in [2.24, 2.45) is 0 Å². The Morgan fingerprint density at radius 3 is 2.61 bits per heavy atom. The van der Waals surface area contributed by atoms with E-state index in [9.17, 15) is 0 Å². The first kappa shape index (κ1) is 14.7. The van der Waals surface area contributed by atoms with Crippen LogP contribution in [0.1, 0.15) is 23.6 Å². The molecule has 1 aromatic rings. The van der Waals surface area contributed by atoms with Gasteiger partial charge in [0, 0.05) is 6.04 Å². The predicted molar refractivity (Wildman–Crippen MR) is 68.5 cm³/mol. The number of nitrogens with one attached hydrogen (secondary N) is 1. The third kappa shape index (κ3) is 5.29. The van der Waals surface area contributed by atoms with E-state index in [-0.39, 0.29) is 0 Å². The third-order valence-corrected chi connectivity index (χ3v) is 2.58. The molecular formula is C12H15NO4S. The van der Waals surface area contributed by atoms with E-state index in [1.165, 1.54) is 24.0 Å². The zero-order valence-electron chi connectivity index (χ0n) is 9.70. The van der Waals surface area contributed by atoms with Gasteiger partial charge in [-0.1, -0.05) is 30.2 Å². The summed E-state index contributed by atoms with van der Waals surface area (Å²) in [4.78, 5) is 0. The van der Waals surface area contributed by atoms with Gasteiger partial charge < -0.3 is 0 Å². The van der Waals surface area contributed by atoms with Gasteiger partial charge in [0.2, 0.25) is 0 Å². The van der Waals surface area contributed by atoms with Gasteiger partial charge in [0.25, 0.3) is 0 Å². The lowest BCUT2D eigenvalue weighted by atomic mass is 10.1. The third-order valence-electron chi connectivity index (χ3n) is 2.58. The molecule has 0 saturated heterocycles. The number of hydrogen-bond acceptors (Lipinski definition) is 3. The molecule has 98 valence electrons. The summed E-state index contributed by atoms with van der Waals surface area (Å²) in [6.07, 6.45) is 7.57. The summed E-state index contributed by atoms with van der Waals surface area (Å²) in [5, 5.41) is 3.35. The molecule has 6 heteroatoms. The minimum atomic E-state index is -4.67. The monoisotopic (exact) mass is 269 g/mol. The van der Waals surface area contributed by atoms with Crippen LogP contribution in [0.3, 0.4) is 0 Å². The second-order valence-electron chi connectivity index (χ2n) is 3.82. The molecule has 5 nitrogen and oxygen atoms in total. The topological polar surface area (TPSA) is 86.6 Å². The Kier molecular flexibility index (Phi) is 5.31. The summed E-state index contributed by atoms with van der Waals surface area (Å²) in [5.74, 6) is 2.61. The molecule has 0 aliphatic heterocycles. The number of fused-ring (bicyclic) bond motifs is 1. The Balaban J connectivity index is 0.000000280. The average molecular weight is 269 g/mol. The number of terminal acetylenes is 1. The van der Waals surface area contributed by atoms with Crippen molar-refractivity contribution < 1.29 is 17.5 Å². The van der Waals surface area contributed by atoms with Gasteiger partial charge in [0.15, 0.2) is 0 Å². The molecule has 1 aliphatic rings. The minimum Gasteiger partial charge on any atom is -0.299 e. The van der Waals surface area contributed by atoms with Crippen molar-refractivity contribution in [2.75, 3.05) is 6.54 Å². The maximum Gasteiger partial charge on any atom is 0.394 e. The second kappa shape index (κ2) is 6.52. The number of aryl methyl sites for hydroxylation is 1. The average Bonchev–Trinajstić information content (AvgIpc) is 2.67. The van der Waals surface area contributed by atoms with Crippen LogP contribution in [0.2, 0.25) is 0 Å². The fourth-order valence-corrected chi connectivity index (χ4v) is 1.95. The molecule has 0 fully saturated rings. The first-order valence-corrected chi connectivity index (χ1v) is 6.76. The molecule has 1 aromatic carbocycles. The molecule has 0 heterocycles. The summed E-state index contributed by atoms with van der Waals surface area (Å²) in [7, 11) is -4.67. The highest BCUT2D eigenvalue weighted by Crippen LogP contribution is 2.30. The molecule has 1 unspecified atom stereocenters. The molecule has 3 N–H and O–H groups in total. The SMILES string of the molecule is C#CCNC1CCc2ccccc21.O=S(=O)(O)O. The Labute approximate surface area is 107 Å². The van der Waals surface area contributed by atoms with E-state index in [1.807, 2.05) is 0 Å². The molecule has 1 aliphatic carbocycles. The van der Waals surface area contributed by atoms with Gasteiger partial charge in [-0.3, -0.25) is 14.4 Å². The van der Waals surface area contributed by atoms with Crippen LogP contribution in [0.25, 0.3) is 0 Å². The van der Waals surface area contributed by atoms with Crippen molar-refractivity contribution in [3.05, 3.63) is 35.4 Å². The lowest BCUT2D eigenvalue weighted by Crippen LogP contribution is -2.19. The van der Waals surface area contributed by atoms with Crippen LogP contribution in [-0.4, -0.2) is 24.1 Å². The molecule has 0 amide bonds. The van der Waals surface area contributed by atoms with Gasteiger partial charge in [0.05, 0.1) is 6.54 Å². The molecule has 0 aromatic heterocycles. The van der Waals surface area contributed by atoms with Gasteiger partial charge in [-0.2, -0.15) is 8.42 Å². The summed E-state index contributed by atoms with van der Waals surface area (Å²) in [6.45, 7) is 0.666. The van der Waals surface area contributed by atoms with E-state index in [4.69, 9.17) is 23.9 Å². The fourth-order valence-electron chi connectivity index (χ4n) is 1.95. The van der Waals surface area contributed by atoms with E-state index >= 15 is 0 Å². The van der Waals surface area contributed by atoms with Crippen molar-refractivity contribution >= 4 is 10.4 Å². The van der Waals surface area contributed by atoms with Gasteiger partial charge >= 0.3 is 10.4 Å². The van der Waals surface area contributed by atoms with Gasteiger partial charge in [-0.25, -0.2) is 0 Å². The van der Waals surface area contributed by atoms with E-state index < -0.39 is 10.4 Å². The summed E-state index contributed by atoms with van der Waals surface area (Å²) >= 11 is 0. The van der Waals surface area contributed by atoms with E-state index in [0.29, 0.717) is 12.6 Å². The standard InChI is InChI=1S/C12H13N.H2O4S/c1-2-9-13-12-8-7-10-5-3-4-6-11(10)12;1-5(2,3)4/h1,3-6,12-13H,7-9H2;(H2,1,2,3,4). The van der Waals surface area contributed by atoms with Crippen LogP contribution in [0.5, 0.6) is 0 Å². The molecule has 0 spiro atoms. The smallest absolute Gasteiger partial charge is 0.299 e.